The summed E-state index contributed by atoms with van der Waals surface area (Å²) in [6, 6.07) is 25.5. The number of allylic oxidation sites excluding steroid dienone is 1. The summed E-state index contributed by atoms with van der Waals surface area (Å²) in [5.74, 6) is 1.61. The van der Waals surface area contributed by atoms with Crippen LogP contribution in [-0.4, -0.2) is 26.4 Å². The Labute approximate surface area is 203 Å². The molecule has 1 N–H and O–H groups in total. The van der Waals surface area contributed by atoms with E-state index < -0.39 is 0 Å². The molecule has 0 spiro atoms. The van der Waals surface area contributed by atoms with Gasteiger partial charge in [0.1, 0.15) is 12.4 Å². The van der Waals surface area contributed by atoms with Crippen LogP contribution in [-0.2, 0) is 17.9 Å². The van der Waals surface area contributed by atoms with Gasteiger partial charge >= 0.3 is 0 Å². The van der Waals surface area contributed by atoms with E-state index in [2.05, 4.69) is 28.2 Å². The molecule has 6 nitrogen and oxygen atoms in total. The van der Waals surface area contributed by atoms with Crippen molar-refractivity contribution in [1.29, 1.82) is 0 Å². The van der Waals surface area contributed by atoms with Gasteiger partial charge in [0.05, 0.1) is 5.75 Å². The number of nitrogens with zero attached hydrogens (tertiary/aromatic N) is 3. The molecule has 0 unspecified atom stereocenters. The molecular formula is C27H26N4O2S. The maximum absolute atomic E-state index is 12.5. The van der Waals surface area contributed by atoms with Gasteiger partial charge in [-0.15, -0.1) is 16.8 Å². The number of ether oxygens (including phenoxy) is 1. The standard InChI is InChI=1S/C27H26N4O2S/c1-3-16-31-26(22-11-7-8-20(2)17-22)29-30-27(31)34-19-25(32)28-23-12-14-24(15-13-23)33-18-21-9-5-4-6-10-21/h3-15,17H,1,16,18-19H2,2H3,(H,28,32). The average molecular weight is 471 g/mol. The third-order valence-electron chi connectivity index (χ3n) is 5.02. The second kappa shape index (κ2) is 11.3. The molecule has 0 saturated carbocycles. The monoisotopic (exact) mass is 470 g/mol. The number of amides is 1. The zero-order valence-electron chi connectivity index (χ0n) is 19.0. The quantitative estimate of drug-likeness (QED) is 0.236. The second-order valence-electron chi connectivity index (χ2n) is 7.71. The summed E-state index contributed by atoms with van der Waals surface area (Å²) in [6.45, 7) is 6.94. The summed E-state index contributed by atoms with van der Waals surface area (Å²) >= 11 is 1.35. The van der Waals surface area contributed by atoms with Crippen molar-refractivity contribution in [1.82, 2.24) is 14.8 Å². The molecule has 0 aliphatic rings. The largest absolute Gasteiger partial charge is 0.489 e. The number of thioether (sulfide) groups is 1. The Morgan fingerprint density at radius 2 is 1.85 bits per heavy atom. The van der Waals surface area contributed by atoms with Crippen LogP contribution in [0, 0.1) is 6.92 Å². The Morgan fingerprint density at radius 1 is 1.06 bits per heavy atom. The van der Waals surface area contributed by atoms with E-state index in [1.54, 1.807) is 6.08 Å². The van der Waals surface area contributed by atoms with Crippen LogP contribution in [0.2, 0.25) is 0 Å². The van der Waals surface area contributed by atoms with Gasteiger partial charge in [0, 0.05) is 17.8 Å². The number of aryl methyl sites for hydroxylation is 1. The lowest BCUT2D eigenvalue weighted by atomic mass is 10.1. The van der Waals surface area contributed by atoms with Crippen molar-refractivity contribution in [2.75, 3.05) is 11.1 Å². The minimum atomic E-state index is -0.117. The first-order valence-electron chi connectivity index (χ1n) is 10.9. The highest BCUT2D eigenvalue weighted by atomic mass is 32.2. The smallest absolute Gasteiger partial charge is 0.234 e. The van der Waals surface area contributed by atoms with E-state index in [0.717, 1.165) is 28.3 Å². The molecule has 1 aromatic heterocycles. The molecule has 0 bridgehead atoms. The van der Waals surface area contributed by atoms with E-state index >= 15 is 0 Å². The van der Waals surface area contributed by atoms with Gasteiger partial charge in [-0.2, -0.15) is 0 Å². The van der Waals surface area contributed by atoms with Gasteiger partial charge < -0.3 is 10.1 Å². The Balaban J connectivity index is 1.33. The number of nitrogens with one attached hydrogen (secondary N) is 1. The third-order valence-corrected chi connectivity index (χ3v) is 5.99. The number of carbonyl (C=O) groups is 1. The van der Waals surface area contributed by atoms with Gasteiger partial charge in [-0.05, 0) is 42.8 Å². The highest BCUT2D eigenvalue weighted by Gasteiger charge is 2.15. The van der Waals surface area contributed by atoms with Crippen LogP contribution in [0.5, 0.6) is 5.75 Å². The van der Waals surface area contributed by atoms with Crippen molar-refractivity contribution in [3.63, 3.8) is 0 Å². The zero-order valence-corrected chi connectivity index (χ0v) is 19.8. The van der Waals surface area contributed by atoms with E-state index in [0.29, 0.717) is 24.0 Å². The molecule has 34 heavy (non-hydrogen) atoms. The van der Waals surface area contributed by atoms with Crippen LogP contribution < -0.4 is 10.1 Å². The lowest BCUT2D eigenvalue weighted by Gasteiger charge is -2.09. The van der Waals surface area contributed by atoms with Crippen LogP contribution in [0.3, 0.4) is 0 Å². The average Bonchev–Trinajstić information content (AvgIpc) is 3.26. The normalized spacial score (nSPS) is 10.6. The van der Waals surface area contributed by atoms with E-state index in [-0.39, 0.29) is 11.7 Å². The van der Waals surface area contributed by atoms with E-state index in [4.69, 9.17) is 4.74 Å². The molecule has 0 radical (unpaired) electrons. The summed E-state index contributed by atoms with van der Waals surface area (Å²) in [5.41, 5.74) is 3.95. The highest BCUT2D eigenvalue weighted by molar-refractivity contribution is 7.99. The summed E-state index contributed by atoms with van der Waals surface area (Å²) in [5, 5.41) is 12.3. The molecule has 4 aromatic rings. The van der Waals surface area contributed by atoms with Crippen LogP contribution in [0.15, 0.2) is 96.7 Å². The number of hydrogen-bond acceptors (Lipinski definition) is 5. The predicted molar refractivity (Wildman–Crippen MR) is 137 cm³/mol. The summed E-state index contributed by atoms with van der Waals surface area (Å²) in [6.07, 6.45) is 1.80. The number of rotatable bonds is 10. The molecule has 1 amide bonds. The van der Waals surface area contributed by atoms with Gasteiger partial charge in [0.15, 0.2) is 11.0 Å². The fourth-order valence-electron chi connectivity index (χ4n) is 3.39. The van der Waals surface area contributed by atoms with Crippen molar-refractivity contribution in [3.05, 3.63) is 103 Å². The first-order chi connectivity index (χ1) is 16.6. The van der Waals surface area contributed by atoms with E-state index in [1.165, 1.54) is 11.8 Å². The number of aromatic nitrogens is 3. The number of anilines is 1. The van der Waals surface area contributed by atoms with Crippen molar-refractivity contribution in [2.24, 2.45) is 0 Å². The van der Waals surface area contributed by atoms with Crippen LogP contribution in [0.4, 0.5) is 5.69 Å². The van der Waals surface area contributed by atoms with Gasteiger partial charge in [-0.25, -0.2) is 0 Å². The number of carbonyl (C=O) groups excluding carboxylic acids is 1. The number of benzene rings is 3. The second-order valence-corrected chi connectivity index (χ2v) is 8.65. The van der Waals surface area contributed by atoms with E-state index in [9.17, 15) is 4.79 Å². The van der Waals surface area contributed by atoms with Crippen LogP contribution >= 0.6 is 11.8 Å². The molecule has 172 valence electrons. The summed E-state index contributed by atoms with van der Waals surface area (Å²) < 4.78 is 7.77. The summed E-state index contributed by atoms with van der Waals surface area (Å²) in [7, 11) is 0. The maximum atomic E-state index is 12.5. The highest BCUT2D eigenvalue weighted by Crippen LogP contribution is 2.25. The molecule has 4 rings (SSSR count). The first kappa shape index (κ1) is 23.3. The molecule has 3 aromatic carbocycles. The van der Waals surface area contributed by atoms with Gasteiger partial charge in [-0.3, -0.25) is 9.36 Å². The fourth-order valence-corrected chi connectivity index (χ4v) is 4.14. The molecule has 0 saturated heterocycles. The number of hydrogen-bond donors (Lipinski definition) is 1. The maximum Gasteiger partial charge on any atom is 0.234 e. The molecule has 0 aliphatic carbocycles. The third kappa shape index (κ3) is 6.14. The molecule has 0 aliphatic heterocycles. The van der Waals surface area contributed by atoms with Crippen LogP contribution in [0.1, 0.15) is 11.1 Å². The molecule has 1 heterocycles. The topological polar surface area (TPSA) is 69.0 Å². The Kier molecular flexibility index (Phi) is 7.78. The van der Waals surface area contributed by atoms with E-state index in [1.807, 2.05) is 84.3 Å². The van der Waals surface area contributed by atoms with Crippen LogP contribution in [0.25, 0.3) is 11.4 Å². The Bertz CT molecular complexity index is 1250. The fraction of sp³-hybridized carbons (Fsp3) is 0.148. The minimum absolute atomic E-state index is 0.117. The van der Waals surface area contributed by atoms with Gasteiger partial charge in [-0.1, -0.05) is 71.9 Å². The van der Waals surface area contributed by atoms with Crippen molar-refractivity contribution in [2.45, 2.75) is 25.2 Å². The lowest BCUT2D eigenvalue weighted by molar-refractivity contribution is -0.113. The van der Waals surface area contributed by atoms with Crippen molar-refractivity contribution >= 4 is 23.4 Å². The molecule has 7 heteroatoms. The zero-order chi connectivity index (χ0) is 23.8. The molecule has 0 atom stereocenters. The predicted octanol–water partition coefficient (Wildman–Crippen LogP) is 5.75. The lowest BCUT2D eigenvalue weighted by Crippen LogP contribution is -2.14. The first-order valence-corrected chi connectivity index (χ1v) is 11.9. The SMILES string of the molecule is C=CCn1c(SCC(=O)Nc2ccc(OCc3ccccc3)cc2)nnc1-c1cccc(C)c1. The van der Waals surface area contributed by atoms with Gasteiger partial charge in [0.25, 0.3) is 0 Å². The Morgan fingerprint density at radius 3 is 2.59 bits per heavy atom. The molecule has 0 fully saturated rings. The summed E-state index contributed by atoms with van der Waals surface area (Å²) in [4.78, 5) is 12.5. The van der Waals surface area contributed by atoms with Crippen molar-refractivity contribution < 1.29 is 9.53 Å². The molecular weight excluding hydrogens is 444 g/mol. The Hall–Kier alpha value is -3.84. The van der Waals surface area contributed by atoms with Crippen molar-refractivity contribution in [3.8, 4) is 17.1 Å². The van der Waals surface area contributed by atoms with Gasteiger partial charge in [0.2, 0.25) is 5.91 Å². The minimum Gasteiger partial charge on any atom is -0.489 e.